The van der Waals surface area contributed by atoms with E-state index in [9.17, 15) is 0 Å². The zero-order valence-electron chi connectivity index (χ0n) is 14.5. The van der Waals surface area contributed by atoms with Gasteiger partial charge in [0.1, 0.15) is 5.75 Å². The Hall–Kier alpha value is -2.54. The number of hydrogen-bond acceptors (Lipinski definition) is 7. The molecule has 1 aromatic carbocycles. The molecule has 8 heteroatoms. The molecule has 0 amide bonds. The van der Waals surface area contributed by atoms with Gasteiger partial charge in [-0.2, -0.15) is 15.0 Å². The van der Waals surface area contributed by atoms with Gasteiger partial charge in [-0.15, -0.1) is 0 Å². The maximum atomic E-state index is 6.10. The van der Waals surface area contributed by atoms with E-state index in [0.29, 0.717) is 17.7 Å². The lowest BCUT2D eigenvalue weighted by Crippen LogP contribution is -2.34. The van der Waals surface area contributed by atoms with E-state index in [4.69, 9.17) is 16.3 Å². The quantitative estimate of drug-likeness (QED) is 0.686. The standard InChI is InChI=1S/C18H19ClN6O/c1-25(12-5-3-2-4-6-12)17-22-16(19)23-18(24-17)26-13-7-8-14-15(11-13)21-10-9-20-14/h7-12H,2-6H2,1H3. The van der Waals surface area contributed by atoms with Crippen LogP contribution in [0.3, 0.4) is 0 Å². The molecule has 134 valence electrons. The Morgan fingerprint density at radius 1 is 1.00 bits per heavy atom. The summed E-state index contributed by atoms with van der Waals surface area (Å²) in [6, 6.07) is 6.04. The molecule has 4 rings (SSSR count). The summed E-state index contributed by atoms with van der Waals surface area (Å²) in [6.45, 7) is 0. The second-order valence-electron chi connectivity index (χ2n) is 6.40. The average Bonchev–Trinajstić information content (AvgIpc) is 2.67. The van der Waals surface area contributed by atoms with Crippen molar-refractivity contribution in [1.29, 1.82) is 0 Å². The fourth-order valence-electron chi connectivity index (χ4n) is 3.27. The molecule has 2 heterocycles. The van der Waals surface area contributed by atoms with Crippen LogP contribution in [0.5, 0.6) is 11.8 Å². The highest BCUT2D eigenvalue weighted by Crippen LogP contribution is 2.27. The molecule has 0 bridgehead atoms. The van der Waals surface area contributed by atoms with Gasteiger partial charge in [0, 0.05) is 31.5 Å². The number of fused-ring (bicyclic) bond motifs is 1. The Morgan fingerprint density at radius 2 is 1.77 bits per heavy atom. The lowest BCUT2D eigenvalue weighted by molar-refractivity contribution is 0.415. The molecule has 0 saturated heterocycles. The molecule has 0 unspecified atom stereocenters. The summed E-state index contributed by atoms with van der Waals surface area (Å²) in [6.07, 6.45) is 9.33. The fourth-order valence-corrected chi connectivity index (χ4v) is 3.42. The van der Waals surface area contributed by atoms with Crippen molar-refractivity contribution in [2.75, 3.05) is 11.9 Å². The minimum Gasteiger partial charge on any atom is -0.424 e. The van der Waals surface area contributed by atoms with Gasteiger partial charge in [-0.25, -0.2) is 0 Å². The molecule has 0 atom stereocenters. The Morgan fingerprint density at radius 3 is 2.58 bits per heavy atom. The van der Waals surface area contributed by atoms with Crippen molar-refractivity contribution in [2.24, 2.45) is 0 Å². The van der Waals surface area contributed by atoms with Crippen molar-refractivity contribution >= 4 is 28.6 Å². The fraction of sp³-hybridized carbons (Fsp3) is 0.389. The van der Waals surface area contributed by atoms with E-state index in [0.717, 1.165) is 23.9 Å². The molecule has 26 heavy (non-hydrogen) atoms. The number of rotatable bonds is 4. The van der Waals surface area contributed by atoms with Gasteiger partial charge >= 0.3 is 6.01 Å². The summed E-state index contributed by atoms with van der Waals surface area (Å²) < 4.78 is 5.80. The van der Waals surface area contributed by atoms with Gasteiger partial charge in [0.15, 0.2) is 0 Å². The van der Waals surface area contributed by atoms with Crippen molar-refractivity contribution in [3.8, 4) is 11.8 Å². The van der Waals surface area contributed by atoms with Gasteiger partial charge in [-0.05, 0) is 36.6 Å². The third-order valence-corrected chi connectivity index (χ3v) is 4.83. The molecule has 0 N–H and O–H groups in total. The van der Waals surface area contributed by atoms with Crippen LogP contribution < -0.4 is 9.64 Å². The highest BCUT2D eigenvalue weighted by molar-refractivity contribution is 6.28. The average molecular weight is 371 g/mol. The van der Waals surface area contributed by atoms with E-state index in [2.05, 4.69) is 29.8 Å². The molecule has 0 radical (unpaired) electrons. The van der Waals surface area contributed by atoms with Gasteiger partial charge in [-0.1, -0.05) is 19.3 Å². The highest BCUT2D eigenvalue weighted by Gasteiger charge is 2.21. The lowest BCUT2D eigenvalue weighted by atomic mass is 9.95. The minimum atomic E-state index is 0.119. The van der Waals surface area contributed by atoms with E-state index in [-0.39, 0.29) is 11.3 Å². The van der Waals surface area contributed by atoms with Crippen LogP contribution in [0.2, 0.25) is 5.28 Å². The third-order valence-electron chi connectivity index (χ3n) is 4.66. The Labute approximate surface area is 156 Å². The van der Waals surface area contributed by atoms with Gasteiger partial charge in [-0.3, -0.25) is 9.97 Å². The molecular weight excluding hydrogens is 352 g/mol. The van der Waals surface area contributed by atoms with Gasteiger partial charge in [0.2, 0.25) is 11.2 Å². The van der Waals surface area contributed by atoms with Crippen LogP contribution in [0.15, 0.2) is 30.6 Å². The van der Waals surface area contributed by atoms with Crippen LogP contribution in [0.25, 0.3) is 11.0 Å². The Balaban J connectivity index is 1.58. The van der Waals surface area contributed by atoms with Crippen LogP contribution in [-0.2, 0) is 0 Å². The number of benzene rings is 1. The Kier molecular flexibility index (Phi) is 4.79. The van der Waals surface area contributed by atoms with E-state index in [1.165, 1.54) is 19.3 Å². The van der Waals surface area contributed by atoms with Crippen molar-refractivity contribution in [1.82, 2.24) is 24.9 Å². The number of aromatic nitrogens is 5. The predicted molar refractivity (Wildman–Crippen MR) is 99.7 cm³/mol. The van der Waals surface area contributed by atoms with Crippen molar-refractivity contribution in [2.45, 2.75) is 38.1 Å². The number of halogens is 1. The van der Waals surface area contributed by atoms with Crippen LogP contribution in [0.4, 0.5) is 5.95 Å². The number of anilines is 1. The summed E-state index contributed by atoms with van der Waals surface area (Å²) in [7, 11) is 2.00. The molecular formula is C18H19ClN6O. The van der Waals surface area contributed by atoms with Crippen molar-refractivity contribution in [3.63, 3.8) is 0 Å². The molecule has 1 saturated carbocycles. The monoisotopic (exact) mass is 370 g/mol. The zero-order chi connectivity index (χ0) is 17.9. The van der Waals surface area contributed by atoms with E-state index < -0.39 is 0 Å². The molecule has 1 fully saturated rings. The van der Waals surface area contributed by atoms with Gasteiger partial charge < -0.3 is 9.64 Å². The van der Waals surface area contributed by atoms with E-state index in [1.54, 1.807) is 24.5 Å². The first-order chi connectivity index (χ1) is 12.7. The first kappa shape index (κ1) is 16.9. The minimum absolute atomic E-state index is 0.119. The highest BCUT2D eigenvalue weighted by atomic mass is 35.5. The van der Waals surface area contributed by atoms with Crippen LogP contribution in [-0.4, -0.2) is 38.0 Å². The topological polar surface area (TPSA) is 76.9 Å². The first-order valence-corrected chi connectivity index (χ1v) is 9.10. The third kappa shape index (κ3) is 3.67. The van der Waals surface area contributed by atoms with Crippen LogP contribution in [0.1, 0.15) is 32.1 Å². The maximum Gasteiger partial charge on any atom is 0.328 e. The Bertz CT molecular complexity index is 915. The van der Waals surface area contributed by atoms with Crippen LogP contribution in [0, 0.1) is 0 Å². The van der Waals surface area contributed by atoms with E-state index >= 15 is 0 Å². The summed E-state index contributed by atoms with van der Waals surface area (Å²) in [5.74, 6) is 1.11. The molecule has 7 nitrogen and oxygen atoms in total. The first-order valence-electron chi connectivity index (χ1n) is 8.72. The molecule has 3 aromatic rings. The van der Waals surface area contributed by atoms with Crippen LogP contribution >= 0.6 is 11.6 Å². The molecule has 1 aliphatic rings. The number of nitrogens with zero attached hydrogens (tertiary/aromatic N) is 6. The summed E-state index contributed by atoms with van der Waals surface area (Å²) in [5, 5.41) is 0.119. The zero-order valence-corrected chi connectivity index (χ0v) is 15.2. The predicted octanol–water partition coefficient (Wildman–Crippen LogP) is 4.03. The van der Waals surface area contributed by atoms with Crippen molar-refractivity contribution < 1.29 is 4.74 Å². The number of ether oxygens (including phenoxy) is 1. The summed E-state index contributed by atoms with van der Waals surface area (Å²) >= 11 is 6.10. The number of hydrogen-bond donors (Lipinski definition) is 0. The molecule has 2 aromatic heterocycles. The summed E-state index contributed by atoms with van der Waals surface area (Å²) in [5.41, 5.74) is 1.54. The second kappa shape index (κ2) is 7.37. The normalized spacial score (nSPS) is 15.2. The largest absolute Gasteiger partial charge is 0.424 e. The van der Waals surface area contributed by atoms with Gasteiger partial charge in [0.25, 0.3) is 0 Å². The smallest absolute Gasteiger partial charge is 0.328 e. The SMILES string of the molecule is CN(c1nc(Cl)nc(Oc2ccc3nccnc3c2)n1)C1CCCCC1. The maximum absolute atomic E-state index is 6.10. The summed E-state index contributed by atoms with van der Waals surface area (Å²) in [4.78, 5) is 23.4. The molecule has 0 aliphatic heterocycles. The lowest BCUT2D eigenvalue weighted by Gasteiger charge is -2.31. The van der Waals surface area contributed by atoms with Crippen molar-refractivity contribution in [3.05, 3.63) is 35.9 Å². The van der Waals surface area contributed by atoms with E-state index in [1.807, 2.05) is 13.1 Å². The van der Waals surface area contributed by atoms with Gasteiger partial charge in [0.05, 0.1) is 11.0 Å². The second-order valence-corrected chi connectivity index (χ2v) is 6.74. The molecule has 0 spiro atoms. The molecule has 1 aliphatic carbocycles.